The van der Waals surface area contributed by atoms with Gasteiger partial charge in [0.15, 0.2) is 0 Å². The monoisotopic (exact) mass is 266 g/mol. The van der Waals surface area contributed by atoms with Crippen LogP contribution in [-0.2, 0) is 4.79 Å². The van der Waals surface area contributed by atoms with E-state index in [0.717, 1.165) is 36.0 Å². The van der Waals surface area contributed by atoms with E-state index in [4.69, 9.17) is 0 Å². The van der Waals surface area contributed by atoms with Crippen LogP contribution in [0.25, 0.3) is 0 Å². The van der Waals surface area contributed by atoms with Crippen LogP contribution < -0.4 is 10.6 Å². The first-order valence-electron chi connectivity index (χ1n) is 7.43. The highest BCUT2D eigenvalue weighted by atomic mass is 32.2. The summed E-state index contributed by atoms with van der Waals surface area (Å²) >= 11 is 1.96. The van der Waals surface area contributed by atoms with Crippen molar-refractivity contribution < 1.29 is 4.79 Å². The van der Waals surface area contributed by atoms with Crippen molar-refractivity contribution in [2.24, 2.45) is 23.7 Å². The molecule has 0 spiro atoms. The molecule has 0 radical (unpaired) electrons. The fourth-order valence-electron chi connectivity index (χ4n) is 4.74. The van der Waals surface area contributed by atoms with Crippen molar-refractivity contribution in [2.45, 2.75) is 37.8 Å². The molecule has 1 aliphatic heterocycles. The minimum Gasteiger partial charge on any atom is -0.353 e. The maximum absolute atomic E-state index is 12.1. The lowest BCUT2D eigenvalue weighted by Gasteiger charge is -2.22. The Labute approximate surface area is 113 Å². The van der Waals surface area contributed by atoms with Crippen LogP contribution >= 0.6 is 11.8 Å². The van der Waals surface area contributed by atoms with Crippen molar-refractivity contribution in [3.8, 4) is 0 Å². The maximum Gasteiger partial charge on any atom is 0.221 e. The van der Waals surface area contributed by atoms with Crippen molar-refractivity contribution in [3.63, 3.8) is 0 Å². The summed E-state index contributed by atoms with van der Waals surface area (Å²) in [7, 11) is 0. The zero-order valence-electron chi connectivity index (χ0n) is 10.7. The van der Waals surface area contributed by atoms with Crippen LogP contribution in [0.3, 0.4) is 0 Å². The first-order valence-corrected chi connectivity index (χ1v) is 8.59. The fourth-order valence-corrected chi connectivity index (χ4v) is 5.69. The third-order valence-corrected chi connectivity index (χ3v) is 6.62. The standard InChI is InChI=1S/C14H22N2OS/c17-11(6-10-7-18-4-3-15-10)16-14-12-8-1-2-9(5-8)13(12)14/h8-10,12-15H,1-7H2,(H,16,17). The summed E-state index contributed by atoms with van der Waals surface area (Å²) in [5.41, 5.74) is 0. The molecule has 3 saturated carbocycles. The molecule has 5 atom stereocenters. The van der Waals surface area contributed by atoms with Crippen LogP contribution in [0.5, 0.6) is 0 Å². The van der Waals surface area contributed by atoms with E-state index in [9.17, 15) is 4.79 Å². The molecule has 1 saturated heterocycles. The minimum absolute atomic E-state index is 0.286. The molecule has 3 aliphatic carbocycles. The van der Waals surface area contributed by atoms with Crippen molar-refractivity contribution in [3.05, 3.63) is 0 Å². The van der Waals surface area contributed by atoms with E-state index >= 15 is 0 Å². The Morgan fingerprint density at radius 2 is 2.06 bits per heavy atom. The predicted octanol–water partition coefficient (Wildman–Crippen LogP) is 1.24. The molecule has 0 aromatic carbocycles. The van der Waals surface area contributed by atoms with Gasteiger partial charge in [-0.3, -0.25) is 4.79 Å². The molecule has 4 rings (SSSR count). The topological polar surface area (TPSA) is 41.1 Å². The number of fused-ring (bicyclic) bond motifs is 5. The third kappa shape index (κ3) is 1.88. The Balaban J connectivity index is 1.27. The summed E-state index contributed by atoms with van der Waals surface area (Å²) in [6.07, 6.45) is 5.00. The Morgan fingerprint density at radius 3 is 2.72 bits per heavy atom. The predicted molar refractivity (Wildman–Crippen MR) is 73.5 cm³/mol. The van der Waals surface area contributed by atoms with Gasteiger partial charge in [0.25, 0.3) is 0 Å². The van der Waals surface area contributed by atoms with Gasteiger partial charge < -0.3 is 10.6 Å². The zero-order chi connectivity index (χ0) is 12.1. The van der Waals surface area contributed by atoms with Gasteiger partial charge in [-0.1, -0.05) is 0 Å². The minimum atomic E-state index is 0.286. The SMILES string of the molecule is O=C(CC1CSCCN1)NC1C2C3CCC(C3)C12. The Hall–Kier alpha value is -0.220. The molecule has 4 heteroatoms. The van der Waals surface area contributed by atoms with Crippen LogP contribution in [0.15, 0.2) is 0 Å². The lowest BCUT2D eigenvalue weighted by atomic mass is 10.0. The Kier molecular flexibility index (Phi) is 2.84. The lowest BCUT2D eigenvalue weighted by molar-refractivity contribution is -0.121. The second-order valence-electron chi connectivity index (χ2n) is 6.51. The fraction of sp³-hybridized carbons (Fsp3) is 0.929. The quantitative estimate of drug-likeness (QED) is 0.807. The molecule has 3 nitrogen and oxygen atoms in total. The van der Waals surface area contributed by atoms with E-state index in [-0.39, 0.29) is 5.91 Å². The molecule has 2 bridgehead atoms. The van der Waals surface area contributed by atoms with E-state index in [0.29, 0.717) is 18.5 Å². The van der Waals surface area contributed by atoms with E-state index < -0.39 is 0 Å². The number of hydrogen-bond acceptors (Lipinski definition) is 3. The first-order chi connectivity index (χ1) is 8.83. The van der Waals surface area contributed by atoms with Crippen LogP contribution in [-0.4, -0.2) is 36.0 Å². The first kappa shape index (κ1) is 11.6. The largest absolute Gasteiger partial charge is 0.353 e. The highest BCUT2D eigenvalue weighted by molar-refractivity contribution is 7.99. The van der Waals surface area contributed by atoms with E-state index in [1.165, 1.54) is 25.0 Å². The highest BCUT2D eigenvalue weighted by Crippen LogP contribution is 2.65. The molecule has 5 unspecified atom stereocenters. The maximum atomic E-state index is 12.1. The van der Waals surface area contributed by atoms with Crippen molar-refractivity contribution in [1.82, 2.24) is 10.6 Å². The smallest absolute Gasteiger partial charge is 0.221 e. The Morgan fingerprint density at radius 1 is 1.28 bits per heavy atom. The molecule has 1 amide bonds. The van der Waals surface area contributed by atoms with Gasteiger partial charge in [-0.05, 0) is 42.9 Å². The van der Waals surface area contributed by atoms with Crippen LogP contribution in [0.4, 0.5) is 0 Å². The van der Waals surface area contributed by atoms with Crippen LogP contribution in [0, 0.1) is 23.7 Å². The molecule has 4 fully saturated rings. The van der Waals surface area contributed by atoms with Crippen LogP contribution in [0.1, 0.15) is 25.7 Å². The van der Waals surface area contributed by atoms with Gasteiger partial charge in [-0.25, -0.2) is 0 Å². The molecule has 18 heavy (non-hydrogen) atoms. The number of thioether (sulfide) groups is 1. The molecule has 100 valence electrons. The zero-order valence-corrected chi connectivity index (χ0v) is 11.5. The van der Waals surface area contributed by atoms with Crippen molar-refractivity contribution >= 4 is 17.7 Å². The van der Waals surface area contributed by atoms with E-state index in [1.807, 2.05) is 11.8 Å². The summed E-state index contributed by atoms with van der Waals surface area (Å²) in [5, 5.41) is 6.76. The van der Waals surface area contributed by atoms with Gasteiger partial charge in [0.2, 0.25) is 5.91 Å². The number of carbonyl (C=O) groups is 1. The summed E-state index contributed by atoms with van der Waals surface area (Å²) in [4.78, 5) is 12.1. The van der Waals surface area contributed by atoms with Crippen molar-refractivity contribution in [1.29, 1.82) is 0 Å². The number of amides is 1. The Bertz CT molecular complexity index is 340. The number of carbonyl (C=O) groups excluding carboxylic acids is 1. The van der Waals surface area contributed by atoms with Gasteiger partial charge in [0, 0.05) is 36.6 Å². The van der Waals surface area contributed by atoms with Gasteiger partial charge in [-0.15, -0.1) is 0 Å². The second-order valence-corrected chi connectivity index (χ2v) is 7.66. The average molecular weight is 266 g/mol. The van der Waals surface area contributed by atoms with Gasteiger partial charge in [-0.2, -0.15) is 11.8 Å². The summed E-state index contributed by atoms with van der Waals surface area (Å²) < 4.78 is 0. The third-order valence-electron chi connectivity index (χ3n) is 5.49. The highest BCUT2D eigenvalue weighted by Gasteiger charge is 2.65. The molecule has 0 aromatic heterocycles. The number of hydrogen-bond donors (Lipinski definition) is 2. The molecular weight excluding hydrogens is 244 g/mol. The lowest BCUT2D eigenvalue weighted by Crippen LogP contribution is -2.42. The summed E-state index contributed by atoms with van der Waals surface area (Å²) in [5.74, 6) is 6.20. The van der Waals surface area contributed by atoms with Gasteiger partial charge >= 0.3 is 0 Å². The molecule has 4 aliphatic rings. The van der Waals surface area contributed by atoms with E-state index in [1.54, 1.807) is 0 Å². The molecule has 0 aromatic rings. The molecule has 2 N–H and O–H groups in total. The molecular formula is C14H22N2OS. The average Bonchev–Trinajstić information content (AvgIpc) is 2.79. The number of rotatable bonds is 3. The van der Waals surface area contributed by atoms with Crippen molar-refractivity contribution in [2.75, 3.05) is 18.1 Å². The van der Waals surface area contributed by atoms with Gasteiger partial charge in [0.05, 0.1) is 0 Å². The summed E-state index contributed by atoms with van der Waals surface area (Å²) in [6.45, 7) is 1.06. The second kappa shape index (κ2) is 4.41. The van der Waals surface area contributed by atoms with Gasteiger partial charge in [0.1, 0.15) is 0 Å². The normalized spacial score (nSPS) is 48.9. The van der Waals surface area contributed by atoms with Crippen LogP contribution in [0.2, 0.25) is 0 Å². The number of nitrogens with one attached hydrogen (secondary N) is 2. The summed E-state index contributed by atoms with van der Waals surface area (Å²) in [6, 6.07) is 0.957. The molecule has 1 heterocycles. The van der Waals surface area contributed by atoms with E-state index in [2.05, 4.69) is 10.6 Å².